The van der Waals surface area contributed by atoms with E-state index in [0.29, 0.717) is 48.3 Å². The van der Waals surface area contributed by atoms with Crippen LogP contribution in [-0.2, 0) is 47.4 Å². The van der Waals surface area contributed by atoms with Gasteiger partial charge in [0, 0.05) is 12.3 Å². The molecule has 0 aromatic carbocycles. The summed E-state index contributed by atoms with van der Waals surface area (Å²) in [6, 6.07) is 0. The lowest BCUT2D eigenvalue weighted by molar-refractivity contribution is -0.401. The maximum Gasteiger partial charge on any atom is 0.187 e. The Kier molecular flexibility index (Phi) is 16.0. The van der Waals surface area contributed by atoms with Gasteiger partial charge in [-0.3, -0.25) is 0 Å². The summed E-state index contributed by atoms with van der Waals surface area (Å²) in [5, 5.41) is 141. The molecule has 6 saturated heterocycles. The second-order valence-electron chi connectivity index (χ2n) is 23.6. The molecule has 10 aliphatic rings. The second kappa shape index (κ2) is 21.1. The molecule has 0 bridgehead atoms. The Hall–Kier alpha value is -1.18. The molecule has 10 rings (SSSR count). The van der Waals surface area contributed by atoms with E-state index in [4.69, 9.17) is 47.4 Å². The quantitative estimate of drug-likeness (QED) is 0.0898. The molecule has 1 spiro atoms. The van der Waals surface area contributed by atoms with Gasteiger partial charge in [-0.25, -0.2) is 0 Å². The van der Waals surface area contributed by atoms with Crippen LogP contribution in [0.4, 0.5) is 0 Å². The first-order valence-corrected chi connectivity index (χ1v) is 26.5. The van der Waals surface area contributed by atoms with E-state index in [0.717, 1.165) is 50.7 Å². The summed E-state index contributed by atoms with van der Waals surface area (Å²) in [6.07, 6.45) is -26.2. The molecule has 0 radical (unpaired) electrons. The Morgan fingerprint density at radius 2 is 1.22 bits per heavy atom. The highest BCUT2D eigenvalue weighted by Gasteiger charge is 2.69. The molecule has 6 heterocycles. The average Bonchev–Trinajstić information content (AvgIpc) is 3.82. The van der Waals surface area contributed by atoms with E-state index in [2.05, 4.69) is 33.8 Å². The summed E-state index contributed by atoms with van der Waals surface area (Å²) < 4.78 is 60.6. The number of aliphatic hydroxyl groups excluding tert-OH is 13. The van der Waals surface area contributed by atoms with Crippen molar-refractivity contribution in [3.8, 4) is 0 Å². The molecule has 3 saturated carbocycles. The number of allylic oxidation sites excluding steroid dienone is 1. The molecular formula is C50H80O23. The van der Waals surface area contributed by atoms with Crippen LogP contribution < -0.4 is 0 Å². The van der Waals surface area contributed by atoms with Gasteiger partial charge in [-0.15, -0.1) is 0 Å². The number of fused-ring (bicyclic) bond motifs is 7. The topological polar surface area (TPSA) is 355 Å². The van der Waals surface area contributed by atoms with Crippen LogP contribution in [-0.4, -0.2) is 240 Å². The number of aliphatic hydroxyl groups is 13. The van der Waals surface area contributed by atoms with Crippen LogP contribution in [0, 0.1) is 46.3 Å². The lowest BCUT2D eigenvalue weighted by atomic mass is 9.46. The average molecular weight is 1050 g/mol. The van der Waals surface area contributed by atoms with Gasteiger partial charge in [0.1, 0.15) is 91.6 Å². The Labute approximate surface area is 423 Å². The van der Waals surface area contributed by atoms with Crippen molar-refractivity contribution < 1.29 is 114 Å². The van der Waals surface area contributed by atoms with Gasteiger partial charge in [0.05, 0.1) is 51.3 Å². The highest BCUT2D eigenvalue weighted by molar-refractivity contribution is 5.27. The maximum atomic E-state index is 11.9. The maximum absolute atomic E-state index is 11.9. The minimum atomic E-state index is -2.01. The van der Waals surface area contributed by atoms with Crippen LogP contribution in [0.25, 0.3) is 0 Å². The molecule has 6 aliphatic heterocycles. The van der Waals surface area contributed by atoms with Crippen LogP contribution in [0.5, 0.6) is 0 Å². The summed E-state index contributed by atoms with van der Waals surface area (Å²) in [5.74, 6) is 1.93. The van der Waals surface area contributed by atoms with Crippen LogP contribution in [0.3, 0.4) is 0 Å². The van der Waals surface area contributed by atoms with Crippen LogP contribution in [0.1, 0.15) is 79.1 Å². The summed E-state index contributed by atoms with van der Waals surface area (Å²) in [7, 11) is 0. The van der Waals surface area contributed by atoms with E-state index in [-0.39, 0.29) is 16.9 Å². The fourth-order valence-corrected chi connectivity index (χ4v) is 15.3. The third kappa shape index (κ3) is 9.41. The molecule has 23 heteroatoms. The number of hydrogen-bond donors (Lipinski definition) is 13. The summed E-state index contributed by atoms with van der Waals surface area (Å²) in [4.78, 5) is 0. The number of ether oxygens (including phenoxy) is 10. The van der Waals surface area contributed by atoms with Gasteiger partial charge >= 0.3 is 0 Å². The SMILES string of the molecule is CC1CCC2(OC1)OC1CC3C4CC=C5CC(OC6OC(CO)C(OC7OC(CO)C(OC8OCC(O)C(O)C8O)C(O)C7OC7OC(CO)C(O)C(O)C7O)C(O)C6O)C(O)CC5(C)C4CCC3(C)C1C2C. The lowest BCUT2D eigenvalue weighted by Gasteiger charge is -2.59. The van der Waals surface area contributed by atoms with E-state index >= 15 is 0 Å². The fraction of sp³-hybridized carbons (Fsp3) is 0.960. The standard InChI is InChI=1S/C50H80O23/c1-19-7-10-50(65-17-19)20(2)32-28(73-50)12-24-22-6-5-21-11-27(25(54)13-49(21,4)23(22)8-9-48(24,32)3)66-45-39(62)36(59)41(30(15-52)68-45)71-47-43(72-46-38(61)35(58)34(57)29(14-51)67-46)40(63)42(31(16-53)69-47)70-44-37(60)33(56)26(55)18-64-44/h5,19-20,22-47,51-63H,6-18H2,1-4H3. The molecule has 73 heavy (non-hydrogen) atoms. The largest absolute Gasteiger partial charge is 0.394 e. The summed E-state index contributed by atoms with van der Waals surface area (Å²) >= 11 is 0. The minimum absolute atomic E-state index is 0.103. The lowest BCUT2D eigenvalue weighted by Crippen LogP contribution is -2.68. The van der Waals surface area contributed by atoms with E-state index in [9.17, 15) is 66.4 Å². The first-order chi connectivity index (χ1) is 34.7. The zero-order chi connectivity index (χ0) is 52.2. The minimum Gasteiger partial charge on any atom is -0.394 e. The zero-order valence-corrected chi connectivity index (χ0v) is 41.8. The Morgan fingerprint density at radius 1 is 0.603 bits per heavy atom. The van der Waals surface area contributed by atoms with Crippen molar-refractivity contribution in [2.45, 2.75) is 220 Å². The third-order valence-electron chi connectivity index (χ3n) is 19.5. The summed E-state index contributed by atoms with van der Waals surface area (Å²) in [6.45, 7) is 6.95. The van der Waals surface area contributed by atoms with E-state index in [1.807, 2.05) is 0 Å². The molecule has 31 unspecified atom stereocenters. The fourth-order valence-electron chi connectivity index (χ4n) is 15.3. The van der Waals surface area contributed by atoms with Crippen molar-refractivity contribution in [1.29, 1.82) is 0 Å². The van der Waals surface area contributed by atoms with Crippen molar-refractivity contribution in [2.24, 2.45) is 46.3 Å². The van der Waals surface area contributed by atoms with Crippen molar-refractivity contribution in [3.05, 3.63) is 11.6 Å². The van der Waals surface area contributed by atoms with Crippen LogP contribution in [0.15, 0.2) is 11.6 Å². The van der Waals surface area contributed by atoms with Crippen molar-refractivity contribution >= 4 is 0 Å². The Balaban J connectivity index is 0.824. The third-order valence-corrected chi connectivity index (χ3v) is 19.5. The van der Waals surface area contributed by atoms with Gasteiger partial charge < -0.3 is 114 Å². The van der Waals surface area contributed by atoms with Crippen molar-refractivity contribution in [2.75, 3.05) is 33.0 Å². The Morgan fingerprint density at radius 3 is 1.90 bits per heavy atom. The highest BCUT2D eigenvalue weighted by atomic mass is 16.8. The smallest absolute Gasteiger partial charge is 0.187 e. The van der Waals surface area contributed by atoms with Crippen molar-refractivity contribution in [1.82, 2.24) is 0 Å². The molecule has 0 amide bonds. The van der Waals surface area contributed by atoms with Crippen LogP contribution in [0.2, 0.25) is 0 Å². The molecule has 23 nitrogen and oxygen atoms in total. The van der Waals surface area contributed by atoms with Gasteiger partial charge in [-0.1, -0.05) is 39.3 Å². The van der Waals surface area contributed by atoms with Crippen molar-refractivity contribution in [3.63, 3.8) is 0 Å². The van der Waals surface area contributed by atoms with E-state index in [1.54, 1.807) is 0 Å². The van der Waals surface area contributed by atoms with Gasteiger partial charge in [0.2, 0.25) is 0 Å². The molecule has 9 fully saturated rings. The zero-order valence-electron chi connectivity index (χ0n) is 41.8. The second-order valence-corrected chi connectivity index (χ2v) is 23.6. The monoisotopic (exact) mass is 1050 g/mol. The molecule has 0 aromatic rings. The first kappa shape index (κ1) is 55.1. The van der Waals surface area contributed by atoms with Gasteiger partial charge in [-0.2, -0.15) is 0 Å². The van der Waals surface area contributed by atoms with Gasteiger partial charge in [0.15, 0.2) is 30.9 Å². The summed E-state index contributed by atoms with van der Waals surface area (Å²) in [5.41, 5.74) is 0.937. The van der Waals surface area contributed by atoms with E-state index in [1.165, 1.54) is 0 Å². The highest BCUT2D eigenvalue weighted by Crippen LogP contribution is 2.71. The molecule has 31 atom stereocenters. The normalized spacial score (nSPS) is 57.1. The Bertz CT molecular complexity index is 1920. The number of rotatable bonds is 11. The molecule has 13 N–H and O–H groups in total. The molecule has 0 aromatic heterocycles. The van der Waals surface area contributed by atoms with Gasteiger partial charge in [0.25, 0.3) is 0 Å². The first-order valence-electron chi connectivity index (χ1n) is 26.5. The predicted octanol–water partition coefficient (Wildman–Crippen LogP) is -3.38. The number of hydrogen-bond acceptors (Lipinski definition) is 23. The van der Waals surface area contributed by atoms with Crippen LogP contribution >= 0.6 is 0 Å². The molecule has 4 aliphatic carbocycles. The van der Waals surface area contributed by atoms with Gasteiger partial charge in [-0.05, 0) is 85.4 Å². The predicted molar refractivity (Wildman–Crippen MR) is 244 cm³/mol. The van der Waals surface area contributed by atoms with E-state index < -0.39 is 161 Å². The molecule has 418 valence electrons. The molecular weight excluding hydrogens is 969 g/mol.